The largest absolute Gasteiger partial charge is 0.466 e. The zero-order valence-corrected chi connectivity index (χ0v) is 6.27. The Morgan fingerprint density at radius 2 is 2.50 bits per heavy atom. The molecule has 0 aliphatic rings. The van der Waals surface area contributed by atoms with Crippen molar-refractivity contribution in [1.29, 1.82) is 0 Å². The molecule has 2 aromatic rings. The molecule has 0 saturated heterocycles. The van der Waals surface area contributed by atoms with E-state index < -0.39 is 6.10 Å². The van der Waals surface area contributed by atoms with Gasteiger partial charge in [0, 0.05) is 12.4 Å². The lowest BCUT2D eigenvalue weighted by Crippen LogP contribution is -1.99. The maximum Gasteiger partial charge on any atom is 0.169 e. The van der Waals surface area contributed by atoms with Gasteiger partial charge < -0.3 is 14.5 Å². The smallest absolute Gasteiger partial charge is 0.169 e. The Morgan fingerprint density at radius 3 is 3.08 bits per heavy atom. The average molecular weight is 164 g/mol. The van der Waals surface area contributed by atoms with Gasteiger partial charge in [-0.05, 0) is 12.1 Å². The third-order valence-electron chi connectivity index (χ3n) is 1.59. The number of hydrogen-bond donors (Lipinski definition) is 2. The van der Waals surface area contributed by atoms with Crippen molar-refractivity contribution in [3.8, 4) is 0 Å². The average Bonchev–Trinajstić information content (AvgIpc) is 2.77. The fraction of sp³-hybridized carbons (Fsp3) is 0.125. The summed E-state index contributed by atoms with van der Waals surface area (Å²) in [5, 5.41) is 9.58. The summed E-state index contributed by atoms with van der Waals surface area (Å²) in [6, 6.07) is 3.43. The molecular weight excluding hydrogens is 156 g/mol. The molecule has 4 nitrogen and oxygen atoms in total. The van der Waals surface area contributed by atoms with Crippen LogP contribution < -0.4 is 0 Å². The van der Waals surface area contributed by atoms with Crippen LogP contribution >= 0.6 is 0 Å². The molecule has 0 saturated carbocycles. The maximum atomic E-state index is 9.58. The van der Waals surface area contributed by atoms with Crippen LogP contribution in [-0.4, -0.2) is 15.1 Å². The Bertz CT molecular complexity index is 292. The van der Waals surface area contributed by atoms with Crippen molar-refractivity contribution in [2.45, 2.75) is 6.10 Å². The predicted octanol–water partition coefficient (Wildman–Crippen LogP) is 1.08. The molecule has 2 aromatic heterocycles. The Labute approximate surface area is 68.9 Å². The fourth-order valence-electron chi connectivity index (χ4n) is 1.01. The van der Waals surface area contributed by atoms with Crippen LogP contribution in [0.4, 0.5) is 0 Å². The van der Waals surface area contributed by atoms with Gasteiger partial charge in [0.2, 0.25) is 0 Å². The first-order valence-electron chi connectivity index (χ1n) is 3.58. The van der Waals surface area contributed by atoms with Crippen molar-refractivity contribution in [1.82, 2.24) is 9.97 Å². The Morgan fingerprint density at radius 1 is 1.58 bits per heavy atom. The van der Waals surface area contributed by atoms with Crippen LogP contribution in [0.15, 0.2) is 35.2 Å². The number of aliphatic hydroxyl groups is 1. The van der Waals surface area contributed by atoms with E-state index in [0.29, 0.717) is 11.6 Å². The number of hydrogen-bond acceptors (Lipinski definition) is 3. The molecule has 2 heterocycles. The van der Waals surface area contributed by atoms with Crippen molar-refractivity contribution in [2.24, 2.45) is 0 Å². The van der Waals surface area contributed by atoms with E-state index in [2.05, 4.69) is 9.97 Å². The Kier molecular flexibility index (Phi) is 1.68. The molecule has 0 fully saturated rings. The van der Waals surface area contributed by atoms with Gasteiger partial charge in [0.1, 0.15) is 11.6 Å². The van der Waals surface area contributed by atoms with E-state index in [0.717, 1.165) is 0 Å². The number of H-pyrrole nitrogens is 1. The second-order valence-electron chi connectivity index (χ2n) is 2.39. The highest BCUT2D eigenvalue weighted by molar-refractivity contribution is 5.10. The number of imidazole rings is 1. The highest BCUT2D eigenvalue weighted by Crippen LogP contribution is 2.17. The molecule has 1 atom stereocenters. The molecule has 0 spiro atoms. The van der Waals surface area contributed by atoms with Crippen molar-refractivity contribution in [2.75, 3.05) is 0 Å². The van der Waals surface area contributed by atoms with Gasteiger partial charge in [-0.15, -0.1) is 0 Å². The van der Waals surface area contributed by atoms with Gasteiger partial charge in [0.25, 0.3) is 0 Å². The number of nitrogens with one attached hydrogen (secondary N) is 1. The molecule has 0 amide bonds. The van der Waals surface area contributed by atoms with Gasteiger partial charge in [-0.1, -0.05) is 0 Å². The van der Waals surface area contributed by atoms with Crippen LogP contribution in [0.25, 0.3) is 0 Å². The zero-order chi connectivity index (χ0) is 8.39. The molecule has 0 radical (unpaired) electrons. The summed E-state index contributed by atoms with van der Waals surface area (Å²) < 4.78 is 5.01. The molecule has 0 aliphatic carbocycles. The first-order valence-corrected chi connectivity index (χ1v) is 3.58. The minimum atomic E-state index is -0.796. The Hall–Kier alpha value is -1.55. The summed E-state index contributed by atoms with van der Waals surface area (Å²) in [6.07, 6.45) is 3.96. The van der Waals surface area contributed by atoms with E-state index in [1.165, 1.54) is 6.26 Å². The number of nitrogens with zero attached hydrogens (tertiary/aromatic N) is 1. The van der Waals surface area contributed by atoms with Crippen LogP contribution in [0.2, 0.25) is 0 Å². The number of rotatable bonds is 2. The van der Waals surface area contributed by atoms with Gasteiger partial charge in [0.05, 0.1) is 6.26 Å². The molecule has 2 rings (SSSR count). The third-order valence-corrected chi connectivity index (χ3v) is 1.59. The topological polar surface area (TPSA) is 62.1 Å². The number of aromatic nitrogens is 2. The monoisotopic (exact) mass is 164 g/mol. The third kappa shape index (κ3) is 1.12. The van der Waals surface area contributed by atoms with Crippen molar-refractivity contribution in [3.05, 3.63) is 42.4 Å². The van der Waals surface area contributed by atoms with E-state index in [9.17, 15) is 5.11 Å². The minimum Gasteiger partial charge on any atom is -0.466 e. The van der Waals surface area contributed by atoms with Crippen LogP contribution in [-0.2, 0) is 0 Å². The van der Waals surface area contributed by atoms with Gasteiger partial charge in [0.15, 0.2) is 6.10 Å². The van der Waals surface area contributed by atoms with E-state index in [-0.39, 0.29) is 0 Å². The van der Waals surface area contributed by atoms with E-state index >= 15 is 0 Å². The highest BCUT2D eigenvalue weighted by Gasteiger charge is 2.14. The van der Waals surface area contributed by atoms with Crippen LogP contribution in [0, 0.1) is 0 Å². The number of furan rings is 1. The molecule has 0 aliphatic heterocycles. The highest BCUT2D eigenvalue weighted by atomic mass is 16.4. The van der Waals surface area contributed by atoms with Crippen molar-refractivity contribution >= 4 is 0 Å². The van der Waals surface area contributed by atoms with Gasteiger partial charge >= 0.3 is 0 Å². The Balaban J connectivity index is 2.27. The second kappa shape index (κ2) is 2.83. The summed E-state index contributed by atoms with van der Waals surface area (Å²) in [6.45, 7) is 0. The summed E-state index contributed by atoms with van der Waals surface area (Å²) >= 11 is 0. The molecule has 4 heteroatoms. The number of aromatic amines is 1. The molecule has 1 unspecified atom stereocenters. The van der Waals surface area contributed by atoms with E-state index in [4.69, 9.17) is 4.42 Å². The van der Waals surface area contributed by atoms with Gasteiger partial charge in [-0.25, -0.2) is 4.98 Å². The molecule has 0 bridgehead atoms. The van der Waals surface area contributed by atoms with E-state index in [1.807, 2.05) is 0 Å². The molecule has 2 N–H and O–H groups in total. The lowest BCUT2D eigenvalue weighted by atomic mass is 10.2. The quantitative estimate of drug-likeness (QED) is 0.698. The summed E-state index contributed by atoms with van der Waals surface area (Å²) in [5.41, 5.74) is 0. The summed E-state index contributed by atoms with van der Waals surface area (Å²) in [4.78, 5) is 6.71. The van der Waals surface area contributed by atoms with Crippen LogP contribution in [0.5, 0.6) is 0 Å². The SMILES string of the molecule is OC(c1ncc[nH]1)c1ccco1. The normalized spacial score (nSPS) is 13.1. The number of aliphatic hydroxyl groups excluding tert-OH is 1. The van der Waals surface area contributed by atoms with Crippen LogP contribution in [0.1, 0.15) is 17.7 Å². The first-order chi connectivity index (χ1) is 5.88. The van der Waals surface area contributed by atoms with Crippen molar-refractivity contribution in [3.63, 3.8) is 0 Å². The lowest BCUT2D eigenvalue weighted by molar-refractivity contribution is 0.181. The predicted molar refractivity (Wildman–Crippen MR) is 41.4 cm³/mol. The molecule has 12 heavy (non-hydrogen) atoms. The zero-order valence-electron chi connectivity index (χ0n) is 6.27. The lowest BCUT2D eigenvalue weighted by Gasteiger charge is -2.02. The standard InChI is InChI=1S/C8H8N2O2/c11-7(6-2-1-5-12-6)8-9-3-4-10-8/h1-5,7,11H,(H,9,10). The summed E-state index contributed by atoms with van der Waals surface area (Å²) in [5.74, 6) is 0.981. The fourth-order valence-corrected chi connectivity index (χ4v) is 1.01. The van der Waals surface area contributed by atoms with Crippen molar-refractivity contribution < 1.29 is 9.52 Å². The van der Waals surface area contributed by atoms with Gasteiger partial charge in [-0.3, -0.25) is 0 Å². The maximum absolute atomic E-state index is 9.58. The van der Waals surface area contributed by atoms with Gasteiger partial charge in [-0.2, -0.15) is 0 Å². The molecule has 62 valence electrons. The van der Waals surface area contributed by atoms with Crippen LogP contribution in [0.3, 0.4) is 0 Å². The summed E-state index contributed by atoms with van der Waals surface area (Å²) in [7, 11) is 0. The molecular formula is C8H8N2O2. The first kappa shape index (κ1) is 7.12. The molecule has 0 aromatic carbocycles. The second-order valence-corrected chi connectivity index (χ2v) is 2.39. The van der Waals surface area contributed by atoms with E-state index in [1.54, 1.807) is 24.5 Å². The minimum absolute atomic E-state index is 0.491.